The number of rotatable bonds is 6. The molecule has 0 bridgehead atoms. The van der Waals surface area contributed by atoms with E-state index in [-0.39, 0.29) is 11.5 Å². The van der Waals surface area contributed by atoms with Gasteiger partial charge in [0.25, 0.3) is 5.69 Å². The number of Topliss-reactive ketones (excluding diaryl/α,β-unsaturated/α-hetero) is 1. The second-order valence-electron chi connectivity index (χ2n) is 3.71. The van der Waals surface area contributed by atoms with Gasteiger partial charge in [-0.15, -0.1) is 0 Å². The molecule has 16 heavy (non-hydrogen) atoms. The van der Waals surface area contributed by atoms with Crippen molar-refractivity contribution in [1.29, 1.82) is 0 Å². The van der Waals surface area contributed by atoms with Crippen molar-refractivity contribution in [3.63, 3.8) is 0 Å². The van der Waals surface area contributed by atoms with Gasteiger partial charge in [-0.1, -0.05) is 19.1 Å². The number of ketones is 1. The van der Waals surface area contributed by atoms with Gasteiger partial charge >= 0.3 is 0 Å². The monoisotopic (exact) mass is 221 g/mol. The van der Waals surface area contributed by atoms with Crippen molar-refractivity contribution in [2.75, 3.05) is 0 Å². The van der Waals surface area contributed by atoms with E-state index in [9.17, 15) is 14.9 Å². The van der Waals surface area contributed by atoms with E-state index >= 15 is 0 Å². The summed E-state index contributed by atoms with van der Waals surface area (Å²) < 4.78 is 0. The van der Waals surface area contributed by atoms with Crippen molar-refractivity contribution < 1.29 is 9.72 Å². The third kappa shape index (κ3) is 3.81. The molecule has 0 spiro atoms. The normalized spacial score (nSPS) is 10.1. The topological polar surface area (TPSA) is 60.2 Å². The van der Waals surface area contributed by atoms with Gasteiger partial charge in [0.15, 0.2) is 0 Å². The average molecular weight is 221 g/mol. The van der Waals surface area contributed by atoms with Crippen LogP contribution in [0.2, 0.25) is 0 Å². The van der Waals surface area contributed by atoms with Gasteiger partial charge in [0.2, 0.25) is 0 Å². The fourth-order valence-electron chi connectivity index (χ4n) is 1.47. The Hall–Kier alpha value is -1.71. The minimum absolute atomic E-state index is 0.0867. The van der Waals surface area contributed by atoms with Crippen molar-refractivity contribution in [3.05, 3.63) is 39.9 Å². The number of non-ortho nitro benzene ring substituents is 1. The average Bonchev–Trinajstić information content (AvgIpc) is 2.27. The summed E-state index contributed by atoms with van der Waals surface area (Å²) in [6, 6.07) is 6.36. The zero-order chi connectivity index (χ0) is 12.0. The Labute approximate surface area is 94.4 Å². The number of benzene rings is 1. The van der Waals surface area contributed by atoms with Crippen LogP contribution in [0.4, 0.5) is 5.69 Å². The molecule has 0 aliphatic rings. The molecule has 4 heteroatoms. The second-order valence-corrected chi connectivity index (χ2v) is 3.71. The SMILES string of the molecule is CCCC(=O)CCc1ccc([N+](=O)[O-])cc1. The van der Waals surface area contributed by atoms with Crippen molar-refractivity contribution in [3.8, 4) is 0 Å². The molecule has 0 fully saturated rings. The Morgan fingerprint density at radius 1 is 1.25 bits per heavy atom. The van der Waals surface area contributed by atoms with E-state index in [1.165, 1.54) is 12.1 Å². The molecule has 0 N–H and O–H groups in total. The smallest absolute Gasteiger partial charge is 0.269 e. The Bertz CT molecular complexity index is 370. The Morgan fingerprint density at radius 3 is 2.38 bits per heavy atom. The van der Waals surface area contributed by atoms with Crippen LogP contribution >= 0.6 is 0 Å². The Balaban J connectivity index is 2.49. The van der Waals surface area contributed by atoms with Crippen LogP contribution in [0.1, 0.15) is 31.7 Å². The quantitative estimate of drug-likeness (QED) is 0.548. The van der Waals surface area contributed by atoms with E-state index < -0.39 is 4.92 Å². The van der Waals surface area contributed by atoms with Gasteiger partial charge in [-0.3, -0.25) is 14.9 Å². The molecule has 0 amide bonds. The number of nitro groups is 1. The Kier molecular flexibility index (Phi) is 4.64. The van der Waals surface area contributed by atoms with Crippen molar-refractivity contribution in [1.82, 2.24) is 0 Å². The minimum Gasteiger partial charge on any atom is -0.300 e. The molecule has 4 nitrogen and oxygen atoms in total. The minimum atomic E-state index is -0.425. The first-order chi connectivity index (χ1) is 7.63. The first-order valence-corrected chi connectivity index (χ1v) is 5.38. The summed E-state index contributed by atoms with van der Waals surface area (Å²) in [4.78, 5) is 21.3. The fourth-order valence-corrected chi connectivity index (χ4v) is 1.47. The fraction of sp³-hybridized carbons (Fsp3) is 0.417. The molecule has 0 radical (unpaired) electrons. The van der Waals surface area contributed by atoms with Crippen molar-refractivity contribution in [2.45, 2.75) is 32.6 Å². The third-order valence-electron chi connectivity index (χ3n) is 2.37. The third-order valence-corrected chi connectivity index (χ3v) is 2.37. The largest absolute Gasteiger partial charge is 0.300 e. The number of nitro benzene ring substituents is 1. The molecule has 0 aliphatic carbocycles. The van der Waals surface area contributed by atoms with Crippen LogP contribution in [-0.2, 0) is 11.2 Å². The summed E-state index contributed by atoms with van der Waals surface area (Å²) >= 11 is 0. The molecule has 0 aromatic heterocycles. The molecule has 0 saturated carbocycles. The van der Waals surface area contributed by atoms with Gasteiger partial charge < -0.3 is 0 Å². The number of carbonyl (C=O) groups excluding carboxylic acids is 1. The maximum absolute atomic E-state index is 11.3. The number of hydrogen-bond acceptors (Lipinski definition) is 3. The van der Waals surface area contributed by atoms with E-state index in [1.54, 1.807) is 12.1 Å². The molecule has 0 unspecified atom stereocenters. The first-order valence-electron chi connectivity index (χ1n) is 5.38. The van der Waals surface area contributed by atoms with Crippen LogP contribution in [-0.4, -0.2) is 10.7 Å². The predicted octanol–water partition coefficient (Wildman–Crippen LogP) is 2.90. The van der Waals surface area contributed by atoms with Crippen LogP contribution in [0.3, 0.4) is 0 Å². The number of hydrogen-bond donors (Lipinski definition) is 0. The molecule has 0 atom stereocenters. The van der Waals surface area contributed by atoms with Crippen LogP contribution < -0.4 is 0 Å². The first kappa shape index (κ1) is 12.4. The molecule has 1 rings (SSSR count). The zero-order valence-electron chi connectivity index (χ0n) is 9.31. The highest BCUT2D eigenvalue weighted by Crippen LogP contribution is 2.13. The highest BCUT2D eigenvalue weighted by molar-refractivity contribution is 5.78. The molecular formula is C12H15NO3. The lowest BCUT2D eigenvalue weighted by atomic mass is 10.1. The summed E-state index contributed by atoms with van der Waals surface area (Å²) in [6.07, 6.45) is 2.68. The van der Waals surface area contributed by atoms with Crippen molar-refractivity contribution in [2.24, 2.45) is 0 Å². The molecule has 1 aromatic carbocycles. The van der Waals surface area contributed by atoms with Gasteiger partial charge in [-0.2, -0.15) is 0 Å². The number of aryl methyl sites for hydroxylation is 1. The zero-order valence-corrected chi connectivity index (χ0v) is 9.31. The van der Waals surface area contributed by atoms with Crippen LogP contribution in [0.25, 0.3) is 0 Å². The second kappa shape index (κ2) is 6.00. The summed E-state index contributed by atoms with van der Waals surface area (Å²) in [6.45, 7) is 1.98. The molecule has 0 saturated heterocycles. The lowest BCUT2D eigenvalue weighted by molar-refractivity contribution is -0.384. The maximum Gasteiger partial charge on any atom is 0.269 e. The summed E-state index contributed by atoms with van der Waals surface area (Å²) in [5, 5.41) is 10.4. The Morgan fingerprint density at radius 2 is 1.88 bits per heavy atom. The van der Waals surface area contributed by atoms with E-state index in [2.05, 4.69) is 0 Å². The summed E-state index contributed by atoms with van der Waals surface area (Å²) in [7, 11) is 0. The van der Waals surface area contributed by atoms with E-state index in [1.807, 2.05) is 6.92 Å². The lowest BCUT2D eigenvalue weighted by Crippen LogP contribution is -1.99. The molecule has 86 valence electrons. The number of carbonyl (C=O) groups is 1. The highest BCUT2D eigenvalue weighted by atomic mass is 16.6. The van der Waals surface area contributed by atoms with Crippen molar-refractivity contribution >= 4 is 11.5 Å². The summed E-state index contributed by atoms with van der Waals surface area (Å²) in [5.41, 5.74) is 1.05. The molecular weight excluding hydrogens is 206 g/mol. The van der Waals surface area contributed by atoms with E-state index in [0.29, 0.717) is 19.3 Å². The standard InChI is InChI=1S/C12H15NO3/c1-2-3-12(14)9-6-10-4-7-11(8-5-10)13(15)16/h4-5,7-8H,2-3,6,9H2,1H3. The van der Waals surface area contributed by atoms with E-state index in [4.69, 9.17) is 0 Å². The van der Waals surface area contributed by atoms with Gasteiger partial charge in [0.1, 0.15) is 5.78 Å². The predicted molar refractivity (Wildman–Crippen MR) is 61.3 cm³/mol. The van der Waals surface area contributed by atoms with Gasteiger partial charge in [0.05, 0.1) is 4.92 Å². The number of nitrogens with zero attached hydrogens (tertiary/aromatic N) is 1. The highest BCUT2D eigenvalue weighted by Gasteiger charge is 2.05. The van der Waals surface area contributed by atoms with Crippen LogP contribution in [0.15, 0.2) is 24.3 Å². The van der Waals surface area contributed by atoms with E-state index in [0.717, 1.165) is 12.0 Å². The molecule has 1 aromatic rings. The molecule has 0 aliphatic heterocycles. The van der Waals surface area contributed by atoms with Gasteiger partial charge in [-0.05, 0) is 18.4 Å². The van der Waals surface area contributed by atoms with Gasteiger partial charge in [0, 0.05) is 25.0 Å². The van der Waals surface area contributed by atoms with Crippen LogP contribution in [0, 0.1) is 10.1 Å². The van der Waals surface area contributed by atoms with Crippen LogP contribution in [0.5, 0.6) is 0 Å². The molecule has 0 heterocycles. The van der Waals surface area contributed by atoms with Gasteiger partial charge in [-0.25, -0.2) is 0 Å². The summed E-state index contributed by atoms with van der Waals surface area (Å²) in [5.74, 6) is 0.251. The maximum atomic E-state index is 11.3. The lowest BCUT2D eigenvalue weighted by Gasteiger charge is -2.00.